The van der Waals surface area contributed by atoms with E-state index in [1.54, 1.807) is 0 Å². The summed E-state index contributed by atoms with van der Waals surface area (Å²) in [5.74, 6) is 0.312. The summed E-state index contributed by atoms with van der Waals surface area (Å²) in [5, 5.41) is 8.58. The second-order valence-corrected chi connectivity index (χ2v) is 2.92. The Hall–Kier alpha value is -0.550. The molecule has 56 valence electrons. The van der Waals surface area contributed by atoms with Crippen LogP contribution in [-0.4, -0.2) is 24.5 Å². The largest absolute Gasteiger partial charge is 0.302 e. The average molecular weight is 138 g/mol. The van der Waals surface area contributed by atoms with Crippen LogP contribution in [0.2, 0.25) is 0 Å². The molecule has 0 radical (unpaired) electrons. The minimum absolute atomic E-state index is 0.312. The Labute approximate surface area is 62.4 Å². The van der Waals surface area contributed by atoms with Gasteiger partial charge in [-0.25, -0.2) is 0 Å². The van der Waals surface area contributed by atoms with Gasteiger partial charge in [-0.05, 0) is 25.9 Å². The van der Waals surface area contributed by atoms with Gasteiger partial charge in [-0.3, -0.25) is 0 Å². The Kier molecular flexibility index (Phi) is 2.70. The summed E-state index contributed by atoms with van der Waals surface area (Å²) in [4.78, 5) is 2.37. The molecule has 1 atom stereocenters. The summed E-state index contributed by atoms with van der Waals surface area (Å²) in [5.41, 5.74) is 0. The number of rotatable bonds is 2. The summed E-state index contributed by atoms with van der Waals surface area (Å²) in [7, 11) is 0. The van der Waals surface area contributed by atoms with E-state index < -0.39 is 0 Å². The SMILES string of the molecule is CCCN1CCC(C#N)C1. The highest BCUT2D eigenvalue weighted by Gasteiger charge is 2.20. The lowest BCUT2D eigenvalue weighted by molar-refractivity contribution is 0.333. The molecule has 0 aromatic rings. The lowest BCUT2D eigenvalue weighted by Crippen LogP contribution is -2.20. The monoisotopic (exact) mass is 138 g/mol. The van der Waals surface area contributed by atoms with Crippen molar-refractivity contribution in [2.45, 2.75) is 19.8 Å². The fourth-order valence-electron chi connectivity index (χ4n) is 1.46. The molecule has 2 heteroatoms. The molecule has 0 aromatic heterocycles. The zero-order valence-corrected chi connectivity index (χ0v) is 6.51. The second kappa shape index (κ2) is 3.58. The van der Waals surface area contributed by atoms with Gasteiger partial charge in [0, 0.05) is 6.54 Å². The van der Waals surface area contributed by atoms with Gasteiger partial charge in [-0.15, -0.1) is 0 Å². The highest BCUT2D eigenvalue weighted by molar-refractivity contribution is 4.90. The number of likely N-dealkylation sites (tertiary alicyclic amines) is 1. The molecule has 0 amide bonds. The Bertz CT molecular complexity index is 137. The summed E-state index contributed by atoms with van der Waals surface area (Å²) in [6.07, 6.45) is 2.29. The molecule has 0 aromatic carbocycles. The molecule has 1 heterocycles. The first-order valence-electron chi connectivity index (χ1n) is 3.98. The zero-order valence-electron chi connectivity index (χ0n) is 6.51. The minimum Gasteiger partial charge on any atom is -0.302 e. The molecule has 0 saturated carbocycles. The molecular formula is C8H14N2. The maximum Gasteiger partial charge on any atom is 0.0669 e. The lowest BCUT2D eigenvalue weighted by Gasteiger charge is -2.11. The van der Waals surface area contributed by atoms with Crippen molar-refractivity contribution in [1.29, 1.82) is 5.26 Å². The molecule has 2 nitrogen and oxygen atoms in total. The molecule has 1 saturated heterocycles. The van der Waals surface area contributed by atoms with E-state index in [1.807, 2.05) is 0 Å². The van der Waals surface area contributed by atoms with Crippen molar-refractivity contribution in [1.82, 2.24) is 4.90 Å². The quantitative estimate of drug-likeness (QED) is 0.574. The van der Waals surface area contributed by atoms with Gasteiger partial charge in [0.05, 0.1) is 12.0 Å². The number of nitrogens with zero attached hydrogens (tertiary/aromatic N) is 2. The van der Waals surface area contributed by atoms with Gasteiger partial charge in [0.15, 0.2) is 0 Å². The van der Waals surface area contributed by atoms with Crippen LogP contribution in [0.25, 0.3) is 0 Å². The molecule has 0 aliphatic carbocycles. The van der Waals surface area contributed by atoms with Crippen LogP contribution < -0.4 is 0 Å². The number of hydrogen-bond acceptors (Lipinski definition) is 2. The summed E-state index contributed by atoms with van der Waals surface area (Å²) in [6, 6.07) is 2.31. The highest BCUT2D eigenvalue weighted by Crippen LogP contribution is 2.14. The molecule has 0 bridgehead atoms. The van der Waals surface area contributed by atoms with Crippen LogP contribution in [0, 0.1) is 17.2 Å². The van der Waals surface area contributed by atoms with E-state index in [9.17, 15) is 0 Å². The Morgan fingerprint density at radius 3 is 3.00 bits per heavy atom. The van der Waals surface area contributed by atoms with E-state index in [2.05, 4.69) is 17.9 Å². The van der Waals surface area contributed by atoms with Crippen LogP contribution in [0.5, 0.6) is 0 Å². The first-order valence-corrected chi connectivity index (χ1v) is 3.98. The van der Waals surface area contributed by atoms with Crippen molar-refractivity contribution in [3.05, 3.63) is 0 Å². The predicted molar refractivity (Wildman–Crippen MR) is 40.5 cm³/mol. The third-order valence-electron chi connectivity index (χ3n) is 1.99. The fourth-order valence-corrected chi connectivity index (χ4v) is 1.46. The van der Waals surface area contributed by atoms with Crippen LogP contribution in [0.1, 0.15) is 19.8 Å². The van der Waals surface area contributed by atoms with Crippen molar-refractivity contribution < 1.29 is 0 Å². The average Bonchev–Trinajstić information content (AvgIpc) is 2.37. The number of nitriles is 1. The smallest absolute Gasteiger partial charge is 0.0669 e. The summed E-state index contributed by atoms with van der Waals surface area (Å²) in [6.45, 7) is 5.48. The Morgan fingerprint density at radius 2 is 2.50 bits per heavy atom. The van der Waals surface area contributed by atoms with Gasteiger partial charge in [0.2, 0.25) is 0 Å². The van der Waals surface area contributed by atoms with E-state index in [4.69, 9.17) is 5.26 Å². The van der Waals surface area contributed by atoms with Gasteiger partial charge in [0.1, 0.15) is 0 Å². The lowest BCUT2D eigenvalue weighted by atomic mass is 10.1. The molecule has 0 N–H and O–H groups in total. The molecule has 0 spiro atoms. The predicted octanol–water partition coefficient (Wildman–Crippen LogP) is 1.24. The molecule has 10 heavy (non-hydrogen) atoms. The third kappa shape index (κ3) is 1.71. The van der Waals surface area contributed by atoms with Crippen molar-refractivity contribution >= 4 is 0 Å². The van der Waals surface area contributed by atoms with Crippen molar-refractivity contribution in [3.8, 4) is 6.07 Å². The topological polar surface area (TPSA) is 27.0 Å². The van der Waals surface area contributed by atoms with E-state index in [0.29, 0.717) is 5.92 Å². The van der Waals surface area contributed by atoms with Crippen LogP contribution in [0.3, 0.4) is 0 Å². The molecule has 1 aliphatic heterocycles. The maximum absolute atomic E-state index is 8.58. The molecular weight excluding hydrogens is 124 g/mol. The van der Waals surface area contributed by atoms with E-state index in [1.165, 1.54) is 6.42 Å². The third-order valence-corrected chi connectivity index (χ3v) is 1.99. The Balaban J connectivity index is 2.23. The van der Waals surface area contributed by atoms with Gasteiger partial charge < -0.3 is 4.90 Å². The van der Waals surface area contributed by atoms with E-state index in [0.717, 1.165) is 26.1 Å². The van der Waals surface area contributed by atoms with Crippen LogP contribution in [0.4, 0.5) is 0 Å². The van der Waals surface area contributed by atoms with Crippen molar-refractivity contribution in [3.63, 3.8) is 0 Å². The molecule has 1 unspecified atom stereocenters. The first kappa shape index (κ1) is 7.56. The number of hydrogen-bond donors (Lipinski definition) is 0. The maximum atomic E-state index is 8.58. The first-order chi connectivity index (χ1) is 4.86. The van der Waals surface area contributed by atoms with E-state index >= 15 is 0 Å². The normalized spacial score (nSPS) is 26.6. The summed E-state index contributed by atoms with van der Waals surface area (Å²) < 4.78 is 0. The highest BCUT2D eigenvalue weighted by atomic mass is 15.1. The van der Waals surface area contributed by atoms with Gasteiger partial charge in [-0.1, -0.05) is 6.92 Å². The zero-order chi connectivity index (χ0) is 7.40. The van der Waals surface area contributed by atoms with Crippen LogP contribution in [-0.2, 0) is 0 Å². The molecule has 1 fully saturated rings. The van der Waals surface area contributed by atoms with Crippen LogP contribution in [0.15, 0.2) is 0 Å². The summed E-state index contributed by atoms with van der Waals surface area (Å²) >= 11 is 0. The van der Waals surface area contributed by atoms with Crippen LogP contribution >= 0.6 is 0 Å². The minimum atomic E-state index is 0.312. The van der Waals surface area contributed by atoms with E-state index in [-0.39, 0.29) is 0 Å². The van der Waals surface area contributed by atoms with Crippen molar-refractivity contribution in [2.24, 2.45) is 5.92 Å². The standard InChI is InChI=1S/C8H14N2/c1-2-4-10-5-3-8(6-9)7-10/h8H,2-5,7H2,1H3. The van der Waals surface area contributed by atoms with Gasteiger partial charge >= 0.3 is 0 Å². The van der Waals surface area contributed by atoms with Gasteiger partial charge in [0.25, 0.3) is 0 Å². The Morgan fingerprint density at radius 1 is 1.70 bits per heavy atom. The second-order valence-electron chi connectivity index (χ2n) is 2.92. The molecule has 1 rings (SSSR count). The van der Waals surface area contributed by atoms with Crippen molar-refractivity contribution in [2.75, 3.05) is 19.6 Å². The molecule has 1 aliphatic rings. The van der Waals surface area contributed by atoms with Gasteiger partial charge in [-0.2, -0.15) is 5.26 Å². The fraction of sp³-hybridized carbons (Fsp3) is 0.875.